The van der Waals surface area contributed by atoms with E-state index in [2.05, 4.69) is 0 Å². The second-order valence-electron chi connectivity index (χ2n) is 7.46. The molecule has 4 rings (SSSR count). The molecular formula is C22H24FN3O4S. The number of carbonyl (C=O) groups is 1. The molecule has 164 valence electrons. The Morgan fingerprint density at radius 2 is 1.94 bits per heavy atom. The first-order valence-corrected chi connectivity index (χ1v) is 11.3. The van der Waals surface area contributed by atoms with Crippen LogP contribution in [-0.4, -0.2) is 33.3 Å². The highest BCUT2D eigenvalue weighted by atomic mass is 32.1. The van der Waals surface area contributed by atoms with Gasteiger partial charge < -0.3 is 9.64 Å². The van der Waals surface area contributed by atoms with Crippen molar-refractivity contribution in [2.75, 3.05) is 13.2 Å². The van der Waals surface area contributed by atoms with Crippen LogP contribution in [0.3, 0.4) is 0 Å². The van der Waals surface area contributed by atoms with Crippen molar-refractivity contribution in [3.63, 3.8) is 0 Å². The quantitative estimate of drug-likeness (QED) is 0.601. The van der Waals surface area contributed by atoms with E-state index in [1.165, 1.54) is 35.6 Å². The van der Waals surface area contributed by atoms with Gasteiger partial charge in [0.1, 0.15) is 10.6 Å². The Labute approximate surface area is 182 Å². The molecule has 0 fully saturated rings. The highest BCUT2D eigenvalue weighted by molar-refractivity contribution is 7.18. The number of nitrogens with zero attached hydrogens (tertiary/aromatic N) is 3. The van der Waals surface area contributed by atoms with Crippen LogP contribution in [0.4, 0.5) is 9.18 Å². The molecule has 0 bridgehead atoms. The number of hydrogen-bond donors (Lipinski definition) is 0. The molecule has 0 saturated carbocycles. The third kappa shape index (κ3) is 3.78. The summed E-state index contributed by atoms with van der Waals surface area (Å²) in [5, 5.41) is 0.517. The molecule has 2 aromatic heterocycles. The van der Waals surface area contributed by atoms with E-state index in [1.54, 1.807) is 16.4 Å². The standard InChI is InChI=1S/C22H24FN3O4S/c1-3-5-11-25-20-18(16-10-12-24(13-17(16)31-20)22(29)30-4-2)19(27)26(21(25)28)15-8-6-14(23)7-9-15/h6-9H,3-5,10-13H2,1-2H3. The van der Waals surface area contributed by atoms with Crippen molar-refractivity contribution in [3.05, 3.63) is 61.4 Å². The van der Waals surface area contributed by atoms with E-state index in [1.807, 2.05) is 6.92 Å². The van der Waals surface area contributed by atoms with E-state index in [0.29, 0.717) is 48.6 Å². The zero-order valence-electron chi connectivity index (χ0n) is 17.5. The number of unbranched alkanes of at least 4 members (excludes halogenated alkanes) is 1. The van der Waals surface area contributed by atoms with Crippen molar-refractivity contribution in [3.8, 4) is 5.69 Å². The second-order valence-corrected chi connectivity index (χ2v) is 8.54. The fourth-order valence-corrected chi connectivity index (χ4v) is 5.28. The molecule has 1 aliphatic rings. The molecule has 9 heteroatoms. The molecule has 0 N–H and O–H groups in total. The van der Waals surface area contributed by atoms with Crippen molar-refractivity contribution < 1.29 is 13.9 Å². The Kier molecular flexibility index (Phi) is 5.95. The molecule has 0 atom stereocenters. The SMILES string of the molecule is CCCCn1c(=O)n(-c2ccc(F)cc2)c(=O)c2c3c(sc21)CN(C(=O)OCC)CC3. The van der Waals surface area contributed by atoms with Crippen LogP contribution in [0.2, 0.25) is 0 Å². The van der Waals surface area contributed by atoms with Crippen molar-refractivity contribution in [1.29, 1.82) is 0 Å². The molecular weight excluding hydrogens is 421 g/mol. The fourth-order valence-electron chi connectivity index (χ4n) is 3.91. The summed E-state index contributed by atoms with van der Waals surface area (Å²) >= 11 is 1.39. The number of hydrogen-bond acceptors (Lipinski definition) is 5. The summed E-state index contributed by atoms with van der Waals surface area (Å²) in [7, 11) is 0. The number of halogens is 1. The normalized spacial score (nSPS) is 13.5. The number of rotatable bonds is 5. The van der Waals surface area contributed by atoms with Gasteiger partial charge in [0, 0.05) is 18.0 Å². The molecule has 1 aliphatic heterocycles. The van der Waals surface area contributed by atoms with Gasteiger partial charge in [-0.2, -0.15) is 0 Å². The highest BCUT2D eigenvalue weighted by Gasteiger charge is 2.28. The zero-order chi connectivity index (χ0) is 22.1. The van der Waals surface area contributed by atoms with Crippen molar-refractivity contribution in [2.24, 2.45) is 0 Å². The van der Waals surface area contributed by atoms with Crippen LogP contribution in [0.5, 0.6) is 0 Å². The van der Waals surface area contributed by atoms with Crippen molar-refractivity contribution >= 4 is 27.6 Å². The lowest BCUT2D eigenvalue weighted by Crippen LogP contribution is -2.39. The summed E-state index contributed by atoms with van der Waals surface area (Å²) in [5.41, 5.74) is 0.388. The van der Waals surface area contributed by atoms with E-state index in [4.69, 9.17) is 4.74 Å². The third-order valence-corrected chi connectivity index (χ3v) is 6.71. The maximum atomic E-state index is 13.5. The largest absolute Gasteiger partial charge is 0.450 e. The van der Waals surface area contributed by atoms with E-state index >= 15 is 0 Å². The first-order valence-electron chi connectivity index (χ1n) is 10.4. The Morgan fingerprint density at radius 1 is 1.19 bits per heavy atom. The predicted octanol–water partition coefficient (Wildman–Crippen LogP) is 3.67. The number of benzene rings is 1. The van der Waals surface area contributed by atoms with E-state index in [-0.39, 0.29) is 6.09 Å². The Bertz CT molecular complexity index is 1240. The first kappa shape index (κ1) is 21.3. The highest BCUT2D eigenvalue weighted by Crippen LogP contribution is 2.33. The molecule has 7 nitrogen and oxygen atoms in total. The van der Waals surface area contributed by atoms with Gasteiger partial charge in [-0.05, 0) is 49.6 Å². The van der Waals surface area contributed by atoms with Gasteiger partial charge in [0.25, 0.3) is 5.56 Å². The topological polar surface area (TPSA) is 73.5 Å². The van der Waals surface area contributed by atoms with Gasteiger partial charge in [-0.15, -0.1) is 11.3 Å². The Hall–Kier alpha value is -2.94. The molecule has 0 unspecified atom stereocenters. The van der Waals surface area contributed by atoms with Crippen molar-refractivity contribution in [1.82, 2.24) is 14.0 Å². The van der Waals surface area contributed by atoms with E-state index in [0.717, 1.165) is 27.8 Å². The summed E-state index contributed by atoms with van der Waals surface area (Å²) < 4.78 is 21.3. The molecule has 1 aromatic carbocycles. The lowest BCUT2D eigenvalue weighted by molar-refractivity contribution is 0.103. The number of carbonyl (C=O) groups excluding carboxylic acids is 1. The van der Waals surface area contributed by atoms with E-state index < -0.39 is 17.1 Å². The summed E-state index contributed by atoms with van der Waals surface area (Å²) in [5.74, 6) is -0.434. The molecule has 0 aliphatic carbocycles. The Morgan fingerprint density at radius 3 is 2.61 bits per heavy atom. The predicted molar refractivity (Wildman–Crippen MR) is 118 cm³/mol. The number of aromatic nitrogens is 2. The molecule has 3 aromatic rings. The minimum Gasteiger partial charge on any atom is -0.450 e. The maximum absolute atomic E-state index is 13.5. The van der Waals surface area contributed by atoms with Gasteiger partial charge in [0.15, 0.2) is 0 Å². The molecule has 0 spiro atoms. The fraction of sp³-hybridized carbons (Fsp3) is 0.409. The smallest absolute Gasteiger partial charge is 0.410 e. The summed E-state index contributed by atoms with van der Waals surface area (Å²) in [4.78, 5) is 42.1. The van der Waals surface area contributed by atoms with Crippen molar-refractivity contribution in [2.45, 2.75) is 46.2 Å². The van der Waals surface area contributed by atoms with Gasteiger partial charge in [0.2, 0.25) is 0 Å². The number of aryl methyl sites for hydroxylation is 1. The summed E-state index contributed by atoms with van der Waals surface area (Å²) in [6, 6.07) is 5.36. The van der Waals surface area contributed by atoms with Crippen LogP contribution >= 0.6 is 11.3 Å². The van der Waals surface area contributed by atoms with Gasteiger partial charge in [0.05, 0.1) is 24.2 Å². The number of fused-ring (bicyclic) bond motifs is 3. The summed E-state index contributed by atoms with van der Waals surface area (Å²) in [6.45, 7) is 5.38. The molecule has 0 saturated heterocycles. The minimum absolute atomic E-state index is 0.299. The second kappa shape index (κ2) is 8.66. The number of thiophene rings is 1. The van der Waals surface area contributed by atoms with Gasteiger partial charge in [-0.25, -0.2) is 18.5 Å². The minimum atomic E-state index is -0.434. The lowest BCUT2D eigenvalue weighted by Gasteiger charge is -2.25. The molecule has 31 heavy (non-hydrogen) atoms. The van der Waals surface area contributed by atoms with Gasteiger partial charge >= 0.3 is 11.8 Å². The van der Waals surface area contributed by atoms with Crippen LogP contribution in [0, 0.1) is 5.82 Å². The number of ether oxygens (including phenoxy) is 1. The van der Waals surface area contributed by atoms with Crippen LogP contribution < -0.4 is 11.2 Å². The van der Waals surface area contributed by atoms with E-state index in [9.17, 15) is 18.8 Å². The van der Waals surface area contributed by atoms with Gasteiger partial charge in [-0.1, -0.05) is 13.3 Å². The average Bonchev–Trinajstić information content (AvgIpc) is 3.14. The molecule has 1 amide bonds. The lowest BCUT2D eigenvalue weighted by atomic mass is 10.1. The molecule has 0 radical (unpaired) electrons. The van der Waals surface area contributed by atoms with Crippen LogP contribution in [0.15, 0.2) is 33.9 Å². The zero-order valence-corrected chi connectivity index (χ0v) is 18.3. The first-order chi connectivity index (χ1) is 15.0. The molecule has 3 heterocycles. The van der Waals surface area contributed by atoms with Crippen LogP contribution in [0.1, 0.15) is 37.1 Å². The summed E-state index contributed by atoms with van der Waals surface area (Å²) in [6.07, 6.45) is 1.82. The van der Waals surface area contributed by atoms with Gasteiger partial charge in [-0.3, -0.25) is 9.36 Å². The van der Waals surface area contributed by atoms with Crippen LogP contribution in [-0.2, 0) is 24.2 Å². The van der Waals surface area contributed by atoms with Crippen LogP contribution in [0.25, 0.3) is 15.9 Å². The monoisotopic (exact) mass is 445 g/mol. The number of amides is 1. The average molecular weight is 446 g/mol. The Balaban J connectivity index is 1.92. The maximum Gasteiger partial charge on any atom is 0.410 e. The third-order valence-electron chi connectivity index (χ3n) is 5.47.